The average Bonchev–Trinajstić information content (AvgIpc) is 3.35. The molecule has 0 atom stereocenters. The van der Waals surface area contributed by atoms with Gasteiger partial charge >= 0.3 is 0 Å². The minimum atomic E-state index is -0.333. The number of nitrogens with zero attached hydrogens (tertiary/aromatic N) is 5. The van der Waals surface area contributed by atoms with Gasteiger partial charge in [0.05, 0.1) is 27.6 Å². The van der Waals surface area contributed by atoms with Crippen LogP contribution in [-0.2, 0) is 13.6 Å². The number of carbonyl (C=O) groups is 2. The lowest BCUT2D eigenvalue weighted by molar-refractivity contribution is 0.0618. The largest absolute Gasteiger partial charge is 0.439 e. The molecule has 0 saturated carbocycles. The van der Waals surface area contributed by atoms with Crippen LogP contribution in [0, 0.1) is 0 Å². The van der Waals surface area contributed by atoms with E-state index in [0.717, 1.165) is 36.2 Å². The van der Waals surface area contributed by atoms with E-state index in [1.165, 1.54) is 12.3 Å². The lowest BCUT2D eigenvalue weighted by atomic mass is 10.2. The quantitative estimate of drug-likeness (QED) is 0.185. The van der Waals surface area contributed by atoms with Crippen LogP contribution in [0.2, 0.25) is 10.0 Å². The van der Waals surface area contributed by atoms with Gasteiger partial charge in [-0.15, -0.1) is 34.0 Å². The van der Waals surface area contributed by atoms with E-state index in [4.69, 9.17) is 27.9 Å². The number of ether oxygens (including phenoxy) is 1. The lowest BCUT2D eigenvalue weighted by Crippen LogP contribution is -2.48. The zero-order valence-electron chi connectivity index (χ0n) is 24.2. The Balaban J connectivity index is 0.00000230. The van der Waals surface area contributed by atoms with Gasteiger partial charge in [-0.2, -0.15) is 0 Å². The van der Waals surface area contributed by atoms with Gasteiger partial charge in [-0.3, -0.25) is 19.5 Å². The Bertz CT molecular complexity index is 1800. The maximum Gasteiger partial charge on any atom is 0.270 e. The van der Waals surface area contributed by atoms with Gasteiger partial charge in [0.1, 0.15) is 11.4 Å². The Labute approximate surface area is 291 Å². The highest BCUT2D eigenvalue weighted by molar-refractivity contribution is 8.93. The van der Waals surface area contributed by atoms with E-state index < -0.39 is 0 Å². The number of anilines is 1. The molecule has 3 aromatic heterocycles. The van der Waals surface area contributed by atoms with E-state index in [9.17, 15) is 9.59 Å². The molecule has 0 bridgehead atoms. The molecule has 5 aromatic rings. The summed E-state index contributed by atoms with van der Waals surface area (Å²) >= 11 is 12.0. The maximum absolute atomic E-state index is 13.5. The SMILES string of the molecule is Br.Br.Cn1c(C(=O)N2CCN(Cc3ccccn3)CC2)cc2cc(Oc3ccc(NC(=O)c4ccc(Cl)c(Cl)c4)cn3)ccc21. The molecule has 1 saturated heterocycles. The Hall–Kier alpha value is -3.48. The summed E-state index contributed by atoms with van der Waals surface area (Å²) in [7, 11) is 1.90. The summed E-state index contributed by atoms with van der Waals surface area (Å²) in [5.74, 6) is 0.627. The van der Waals surface area contributed by atoms with Crippen molar-refractivity contribution >= 4 is 85.6 Å². The monoisotopic (exact) mass is 774 g/mol. The molecule has 1 aliphatic heterocycles. The predicted octanol–water partition coefficient (Wildman–Crippen LogP) is 7.43. The number of nitrogens with one attached hydrogen (secondary N) is 1. The van der Waals surface area contributed by atoms with E-state index in [2.05, 4.69) is 20.2 Å². The number of pyridine rings is 2. The maximum atomic E-state index is 13.5. The first kappa shape index (κ1) is 34.4. The lowest BCUT2D eigenvalue weighted by Gasteiger charge is -2.34. The first-order chi connectivity index (χ1) is 20.8. The Morgan fingerprint density at radius 3 is 2.38 bits per heavy atom. The molecule has 234 valence electrons. The van der Waals surface area contributed by atoms with Crippen molar-refractivity contribution in [2.45, 2.75) is 6.54 Å². The predicted molar refractivity (Wildman–Crippen MR) is 188 cm³/mol. The Morgan fingerprint density at radius 1 is 0.889 bits per heavy atom. The fraction of sp³-hybridized carbons (Fsp3) is 0.188. The van der Waals surface area contributed by atoms with Crippen LogP contribution < -0.4 is 10.1 Å². The number of hydrogen-bond donors (Lipinski definition) is 1. The molecule has 45 heavy (non-hydrogen) atoms. The van der Waals surface area contributed by atoms with E-state index in [1.54, 1.807) is 30.5 Å². The van der Waals surface area contributed by atoms with Crippen molar-refractivity contribution in [2.24, 2.45) is 7.05 Å². The van der Waals surface area contributed by atoms with Gasteiger partial charge in [0, 0.05) is 68.5 Å². The fourth-order valence-electron chi connectivity index (χ4n) is 5.06. The van der Waals surface area contributed by atoms with Crippen LogP contribution in [-0.4, -0.2) is 62.3 Å². The second-order valence-corrected chi connectivity index (χ2v) is 11.1. The smallest absolute Gasteiger partial charge is 0.270 e. The Kier molecular flexibility index (Phi) is 11.6. The van der Waals surface area contributed by atoms with Crippen molar-refractivity contribution in [3.05, 3.63) is 112 Å². The van der Waals surface area contributed by atoms with Crippen LogP contribution in [0.25, 0.3) is 10.9 Å². The number of halogens is 4. The van der Waals surface area contributed by atoms with Gasteiger partial charge in [0.15, 0.2) is 0 Å². The number of carbonyl (C=O) groups excluding carboxylic acids is 2. The second-order valence-electron chi connectivity index (χ2n) is 10.3. The van der Waals surface area contributed by atoms with Crippen LogP contribution in [0.4, 0.5) is 5.69 Å². The standard InChI is InChI=1S/C32H28Cl2N6O3.2BrH/c1-38-28-9-7-25(43-30-10-6-23(19-36-30)37-31(41)21-5-8-26(33)27(34)17-21)16-22(28)18-29(38)32(42)40-14-12-39(13-15-40)20-24-4-2-3-11-35-24;;/h2-11,16-19H,12-15,20H2,1H3,(H,37,41);2*1H. The fourth-order valence-corrected chi connectivity index (χ4v) is 5.36. The van der Waals surface area contributed by atoms with Crippen LogP contribution in [0.3, 0.4) is 0 Å². The molecule has 2 aromatic carbocycles. The zero-order valence-corrected chi connectivity index (χ0v) is 29.1. The molecule has 0 spiro atoms. The van der Waals surface area contributed by atoms with Crippen LogP contribution in [0.5, 0.6) is 11.6 Å². The number of amides is 2. The van der Waals surface area contributed by atoms with Crippen LogP contribution in [0.15, 0.2) is 85.2 Å². The molecule has 0 aliphatic carbocycles. The number of piperazine rings is 1. The highest BCUT2D eigenvalue weighted by Gasteiger charge is 2.25. The van der Waals surface area contributed by atoms with Gasteiger partial charge in [0.25, 0.3) is 11.8 Å². The van der Waals surface area contributed by atoms with Crippen molar-refractivity contribution < 1.29 is 14.3 Å². The third-order valence-electron chi connectivity index (χ3n) is 7.40. The first-order valence-corrected chi connectivity index (χ1v) is 14.5. The molecule has 6 rings (SSSR count). The molecular weight excluding hydrogens is 747 g/mol. The van der Waals surface area contributed by atoms with Crippen molar-refractivity contribution in [3.63, 3.8) is 0 Å². The highest BCUT2D eigenvalue weighted by atomic mass is 79.9. The average molecular weight is 777 g/mol. The molecular formula is C32H30Br2Cl2N6O3. The summed E-state index contributed by atoms with van der Waals surface area (Å²) in [5, 5.41) is 4.35. The van der Waals surface area contributed by atoms with E-state index >= 15 is 0 Å². The van der Waals surface area contributed by atoms with Crippen molar-refractivity contribution in [2.75, 3.05) is 31.5 Å². The van der Waals surface area contributed by atoms with Crippen molar-refractivity contribution in [1.29, 1.82) is 0 Å². The summed E-state index contributed by atoms with van der Waals surface area (Å²) in [6, 6.07) is 21.5. The number of hydrogen-bond acceptors (Lipinski definition) is 6. The van der Waals surface area contributed by atoms with Crippen LogP contribution in [0.1, 0.15) is 26.5 Å². The third kappa shape index (κ3) is 8.03. The summed E-state index contributed by atoms with van der Waals surface area (Å²) in [4.78, 5) is 38.9. The van der Waals surface area contributed by atoms with Crippen molar-refractivity contribution in [1.82, 2.24) is 24.3 Å². The summed E-state index contributed by atoms with van der Waals surface area (Å²) in [6.07, 6.45) is 3.32. The minimum absolute atomic E-state index is 0. The molecule has 0 radical (unpaired) electrons. The third-order valence-corrected chi connectivity index (χ3v) is 8.14. The number of aromatic nitrogens is 3. The van der Waals surface area contributed by atoms with E-state index in [-0.39, 0.29) is 45.8 Å². The Morgan fingerprint density at radius 2 is 1.69 bits per heavy atom. The molecule has 1 fully saturated rings. The molecule has 2 amide bonds. The van der Waals surface area contributed by atoms with Crippen molar-refractivity contribution in [3.8, 4) is 11.6 Å². The molecule has 13 heteroatoms. The van der Waals surface area contributed by atoms with Gasteiger partial charge < -0.3 is 19.5 Å². The summed E-state index contributed by atoms with van der Waals surface area (Å²) in [6.45, 7) is 3.71. The van der Waals surface area contributed by atoms with Gasteiger partial charge in [0.2, 0.25) is 5.88 Å². The van der Waals surface area contributed by atoms with Gasteiger partial charge in [-0.25, -0.2) is 4.98 Å². The zero-order chi connectivity index (χ0) is 29.9. The first-order valence-electron chi connectivity index (χ1n) is 13.8. The van der Waals surface area contributed by atoms with E-state index in [0.29, 0.717) is 51.7 Å². The number of benzene rings is 2. The normalized spacial score (nSPS) is 13.1. The summed E-state index contributed by atoms with van der Waals surface area (Å²) in [5.41, 5.74) is 3.48. The van der Waals surface area contributed by atoms with Gasteiger partial charge in [-0.1, -0.05) is 29.3 Å². The highest BCUT2D eigenvalue weighted by Crippen LogP contribution is 2.28. The number of rotatable bonds is 7. The van der Waals surface area contributed by atoms with Crippen LogP contribution >= 0.6 is 57.2 Å². The molecule has 1 N–H and O–H groups in total. The van der Waals surface area contributed by atoms with Gasteiger partial charge in [-0.05, 0) is 60.7 Å². The molecule has 9 nitrogen and oxygen atoms in total. The number of aryl methyl sites for hydroxylation is 1. The second kappa shape index (κ2) is 15.2. The molecule has 0 unspecified atom stereocenters. The van der Waals surface area contributed by atoms with E-state index in [1.807, 2.05) is 59.0 Å². The summed E-state index contributed by atoms with van der Waals surface area (Å²) < 4.78 is 7.90. The minimum Gasteiger partial charge on any atom is -0.439 e. The molecule has 4 heterocycles. The number of fused-ring (bicyclic) bond motifs is 1. The molecule has 1 aliphatic rings. The topological polar surface area (TPSA) is 92.6 Å².